The zero-order valence-electron chi connectivity index (χ0n) is 7.50. The van der Waals surface area contributed by atoms with Crippen LogP contribution in [0, 0.1) is 5.92 Å². The van der Waals surface area contributed by atoms with Crippen molar-refractivity contribution in [1.29, 1.82) is 0 Å². The molecule has 1 saturated carbocycles. The molecule has 3 rings (SSSR count). The van der Waals surface area contributed by atoms with Gasteiger partial charge in [-0.25, -0.2) is 8.78 Å². The number of ketones is 1. The number of carbonyl (C=O) groups is 1. The molecule has 0 amide bonds. The minimum absolute atomic E-state index is 0.0359. The van der Waals surface area contributed by atoms with Crippen LogP contribution in [0.2, 0.25) is 0 Å². The third-order valence-corrected chi connectivity index (χ3v) is 3.07. The number of fused-ring (bicyclic) bond motifs is 3. The molecular weight excluding hydrogens is 190 g/mol. The minimum Gasteiger partial charge on any atom is -0.292 e. The second-order valence-corrected chi connectivity index (χ2v) is 3.88. The van der Waals surface area contributed by atoms with Crippen LogP contribution in [0.3, 0.4) is 0 Å². The Kier molecular flexibility index (Phi) is 1.28. The van der Waals surface area contributed by atoms with Crippen LogP contribution in [0.5, 0.6) is 0 Å². The molecule has 0 radical (unpaired) electrons. The number of halogens is 2. The van der Waals surface area contributed by atoms with E-state index in [-0.39, 0.29) is 29.0 Å². The molecule has 2 aliphatic carbocycles. The van der Waals surface area contributed by atoms with E-state index < -0.39 is 6.43 Å². The summed E-state index contributed by atoms with van der Waals surface area (Å²) >= 11 is 0. The van der Waals surface area contributed by atoms with Gasteiger partial charge in [0.2, 0.25) is 0 Å². The number of Topliss-reactive ketones (excluding diaryl/α,β-unsaturated/α-hetero) is 1. The molecule has 2 atom stereocenters. The summed E-state index contributed by atoms with van der Waals surface area (Å²) < 4.78 is 26.5. The van der Waals surface area contributed by atoms with Crippen molar-refractivity contribution in [2.75, 3.05) is 0 Å². The third-order valence-electron chi connectivity index (χ3n) is 3.07. The van der Waals surface area contributed by atoms with Crippen LogP contribution < -0.4 is 0 Å². The lowest BCUT2D eigenvalue weighted by Gasteiger charge is -2.02. The molecule has 0 spiro atoms. The molecule has 14 heavy (non-hydrogen) atoms. The van der Waals surface area contributed by atoms with Crippen molar-refractivity contribution in [2.45, 2.75) is 18.8 Å². The summed E-state index contributed by atoms with van der Waals surface area (Å²) in [6.45, 7) is 0. The fraction of sp³-hybridized carbons (Fsp3) is 0.556. The fourth-order valence-electron chi connectivity index (χ4n) is 2.34. The zero-order chi connectivity index (χ0) is 10.0. The van der Waals surface area contributed by atoms with E-state index in [2.05, 4.69) is 5.10 Å². The molecule has 2 unspecified atom stereocenters. The highest BCUT2D eigenvalue weighted by Gasteiger charge is 2.55. The number of hydrogen-bond donors (Lipinski definition) is 0. The highest BCUT2D eigenvalue weighted by atomic mass is 19.3. The average molecular weight is 198 g/mol. The van der Waals surface area contributed by atoms with Gasteiger partial charge in [0.25, 0.3) is 6.43 Å². The summed E-state index contributed by atoms with van der Waals surface area (Å²) in [5, 5.41) is 3.86. The molecule has 0 aliphatic heterocycles. The number of aromatic nitrogens is 2. The lowest BCUT2D eigenvalue weighted by Crippen LogP contribution is -2.03. The van der Waals surface area contributed by atoms with Crippen LogP contribution in [-0.4, -0.2) is 15.6 Å². The Morgan fingerprint density at radius 3 is 2.86 bits per heavy atom. The van der Waals surface area contributed by atoms with Crippen molar-refractivity contribution in [1.82, 2.24) is 9.78 Å². The number of nitrogens with zero attached hydrogens (tertiary/aromatic N) is 2. The standard InChI is InChI=1S/C9H8F2N2O/c1-13-7(9(10)11)5-3-2-4(3)8(14)6(5)12-13/h3-4,9H,2H2,1H3. The van der Waals surface area contributed by atoms with E-state index in [4.69, 9.17) is 0 Å². The first kappa shape index (κ1) is 8.08. The van der Waals surface area contributed by atoms with Gasteiger partial charge in [0.05, 0.1) is 0 Å². The Balaban J connectivity index is 2.23. The molecule has 0 bridgehead atoms. The lowest BCUT2D eigenvalue weighted by molar-refractivity contribution is 0.0968. The van der Waals surface area contributed by atoms with Crippen LogP contribution in [0.25, 0.3) is 0 Å². The van der Waals surface area contributed by atoms with Gasteiger partial charge in [-0.15, -0.1) is 0 Å². The topological polar surface area (TPSA) is 34.9 Å². The van der Waals surface area contributed by atoms with E-state index >= 15 is 0 Å². The SMILES string of the molecule is Cn1nc2c(c1C(F)F)C1CC1C2=O. The second kappa shape index (κ2) is 2.21. The summed E-state index contributed by atoms with van der Waals surface area (Å²) in [7, 11) is 1.46. The molecule has 2 aliphatic rings. The number of carbonyl (C=O) groups excluding carboxylic acids is 1. The molecule has 5 heteroatoms. The Labute approximate surface area is 78.7 Å². The molecule has 74 valence electrons. The van der Waals surface area contributed by atoms with Gasteiger partial charge in [0, 0.05) is 18.5 Å². The monoisotopic (exact) mass is 198 g/mol. The second-order valence-electron chi connectivity index (χ2n) is 3.88. The van der Waals surface area contributed by atoms with Gasteiger partial charge in [0.1, 0.15) is 11.4 Å². The average Bonchev–Trinajstić information content (AvgIpc) is 2.74. The Hall–Kier alpha value is -1.26. The first-order valence-electron chi connectivity index (χ1n) is 4.50. The van der Waals surface area contributed by atoms with Gasteiger partial charge < -0.3 is 0 Å². The predicted molar refractivity (Wildman–Crippen MR) is 43.3 cm³/mol. The van der Waals surface area contributed by atoms with E-state index in [1.54, 1.807) is 0 Å². The van der Waals surface area contributed by atoms with E-state index in [0.29, 0.717) is 5.56 Å². The molecule has 3 nitrogen and oxygen atoms in total. The highest BCUT2D eigenvalue weighted by Crippen LogP contribution is 2.57. The van der Waals surface area contributed by atoms with E-state index in [1.807, 2.05) is 0 Å². The van der Waals surface area contributed by atoms with E-state index in [9.17, 15) is 13.6 Å². The van der Waals surface area contributed by atoms with Crippen LogP contribution in [0.15, 0.2) is 0 Å². The summed E-state index contributed by atoms with van der Waals surface area (Å²) in [5.74, 6) is -0.0473. The lowest BCUT2D eigenvalue weighted by atomic mass is 10.1. The molecule has 0 N–H and O–H groups in total. The van der Waals surface area contributed by atoms with Gasteiger partial charge in [0.15, 0.2) is 5.78 Å². The maximum absolute atomic E-state index is 12.7. The van der Waals surface area contributed by atoms with Crippen molar-refractivity contribution < 1.29 is 13.6 Å². The Morgan fingerprint density at radius 1 is 1.50 bits per heavy atom. The van der Waals surface area contributed by atoms with Gasteiger partial charge in [-0.05, 0) is 12.3 Å². The highest BCUT2D eigenvalue weighted by molar-refractivity contribution is 6.04. The third kappa shape index (κ3) is 0.755. The molecule has 1 heterocycles. The van der Waals surface area contributed by atoms with Gasteiger partial charge in [-0.2, -0.15) is 5.10 Å². The van der Waals surface area contributed by atoms with Crippen LogP contribution in [0.4, 0.5) is 8.78 Å². The van der Waals surface area contributed by atoms with Gasteiger partial charge in [-0.3, -0.25) is 9.48 Å². The number of aryl methyl sites for hydroxylation is 1. The first-order valence-corrected chi connectivity index (χ1v) is 4.50. The Morgan fingerprint density at radius 2 is 2.21 bits per heavy atom. The van der Waals surface area contributed by atoms with Crippen LogP contribution in [0.1, 0.15) is 40.5 Å². The normalized spacial score (nSPS) is 28.1. The van der Waals surface area contributed by atoms with Crippen LogP contribution >= 0.6 is 0 Å². The molecule has 1 fully saturated rings. The molecular formula is C9H8F2N2O. The largest absolute Gasteiger partial charge is 0.292 e. The molecule has 1 aromatic heterocycles. The van der Waals surface area contributed by atoms with E-state index in [0.717, 1.165) is 11.1 Å². The van der Waals surface area contributed by atoms with Crippen molar-refractivity contribution in [3.63, 3.8) is 0 Å². The van der Waals surface area contributed by atoms with E-state index in [1.165, 1.54) is 7.05 Å². The van der Waals surface area contributed by atoms with Gasteiger partial charge in [-0.1, -0.05) is 0 Å². The maximum atomic E-state index is 12.7. The first-order chi connectivity index (χ1) is 6.61. The predicted octanol–water partition coefficient (Wildman–Crippen LogP) is 1.66. The van der Waals surface area contributed by atoms with Gasteiger partial charge >= 0.3 is 0 Å². The summed E-state index contributed by atoms with van der Waals surface area (Å²) in [6.07, 6.45) is -1.81. The molecule has 0 saturated heterocycles. The summed E-state index contributed by atoms with van der Waals surface area (Å²) in [5.41, 5.74) is 0.722. The molecule has 1 aromatic rings. The van der Waals surface area contributed by atoms with Crippen molar-refractivity contribution >= 4 is 5.78 Å². The van der Waals surface area contributed by atoms with Crippen molar-refractivity contribution in [3.05, 3.63) is 17.0 Å². The minimum atomic E-state index is -2.54. The summed E-state index contributed by atoms with van der Waals surface area (Å²) in [6, 6.07) is 0. The fourth-order valence-corrected chi connectivity index (χ4v) is 2.34. The maximum Gasteiger partial charge on any atom is 0.280 e. The quantitative estimate of drug-likeness (QED) is 0.687. The Bertz CT molecular complexity index is 438. The smallest absolute Gasteiger partial charge is 0.280 e. The van der Waals surface area contributed by atoms with Crippen molar-refractivity contribution in [2.24, 2.45) is 13.0 Å². The zero-order valence-corrected chi connectivity index (χ0v) is 7.50. The number of hydrogen-bond acceptors (Lipinski definition) is 2. The molecule has 0 aromatic carbocycles. The number of rotatable bonds is 1. The number of alkyl halides is 2. The van der Waals surface area contributed by atoms with Crippen molar-refractivity contribution in [3.8, 4) is 0 Å². The summed E-state index contributed by atoms with van der Waals surface area (Å²) in [4.78, 5) is 11.5. The van der Waals surface area contributed by atoms with Crippen LogP contribution in [-0.2, 0) is 7.05 Å².